The molecule has 2 heterocycles. The molecular formula is C17H23N3O5. The van der Waals surface area contributed by atoms with Gasteiger partial charge in [-0.25, -0.2) is 4.79 Å². The molecule has 25 heavy (non-hydrogen) atoms. The third-order valence-electron chi connectivity index (χ3n) is 4.23. The lowest BCUT2D eigenvalue weighted by Gasteiger charge is -2.25. The maximum absolute atomic E-state index is 12.4. The van der Waals surface area contributed by atoms with Crippen molar-refractivity contribution in [3.8, 4) is 0 Å². The topological polar surface area (TPSA) is 99.2 Å². The van der Waals surface area contributed by atoms with Gasteiger partial charge in [0.2, 0.25) is 5.91 Å². The van der Waals surface area contributed by atoms with Gasteiger partial charge in [0.25, 0.3) is 6.47 Å². The Labute approximate surface area is 146 Å². The number of amides is 2. The van der Waals surface area contributed by atoms with Crippen LogP contribution in [0.2, 0.25) is 0 Å². The second-order valence-electron chi connectivity index (χ2n) is 5.85. The molecule has 8 heteroatoms. The zero-order valence-corrected chi connectivity index (χ0v) is 14.2. The SMILES string of the molecule is Cc1ccccc1N1CCCN(C(=O)[C@@H]2COC(=O)N2)CC1.O=CO. The Morgan fingerprint density at radius 2 is 2.00 bits per heavy atom. The summed E-state index contributed by atoms with van der Waals surface area (Å²) in [6.07, 6.45) is 0.413. The van der Waals surface area contributed by atoms with Crippen molar-refractivity contribution in [1.82, 2.24) is 10.2 Å². The van der Waals surface area contributed by atoms with Crippen LogP contribution in [-0.4, -0.2) is 67.3 Å². The van der Waals surface area contributed by atoms with Crippen molar-refractivity contribution in [3.63, 3.8) is 0 Å². The number of benzene rings is 1. The minimum atomic E-state index is -0.530. The average molecular weight is 349 g/mol. The summed E-state index contributed by atoms with van der Waals surface area (Å²) in [4.78, 5) is 36.0. The first-order valence-electron chi connectivity index (χ1n) is 8.17. The Bertz CT molecular complexity index is 622. The van der Waals surface area contributed by atoms with E-state index in [1.54, 1.807) is 0 Å². The van der Waals surface area contributed by atoms with Gasteiger partial charge >= 0.3 is 6.09 Å². The maximum Gasteiger partial charge on any atom is 0.407 e. The molecule has 2 aliphatic heterocycles. The number of alkyl carbamates (subject to hydrolysis) is 1. The number of hydrogen-bond acceptors (Lipinski definition) is 5. The minimum absolute atomic E-state index is 0.0440. The fourth-order valence-corrected chi connectivity index (χ4v) is 3.04. The van der Waals surface area contributed by atoms with Gasteiger partial charge in [0, 0.05) is 31.9 Å². The first kappa shape index (κ1) is 18.6. The molecule has 2 fully saturated rings. The molecule has 0 radical (unpaired) electrons. The number of carbonyl (C=O) groups excluding carboxylic acids is 2. The van der Waals surface area contributed by atoms with Crippen molar-refractivity contribution in [2.45, 2.75) is 19.4 Å². The second-order valence-corrected chi connectivity index (χ2v) is 5.85. The maximum atomic E-state index is 12.4. The van der Waals surface area contributed by atoms with E-state index < -0.39 is 12.1 Å². The molecule has 2 aliphatic rings. The number of rotatable bonds is 2. The molecule has 1 aromatic rings. The molecule has 0 unspecified atom stereocenters. The monoisotopic (exact) mass is 349 g/mol. The molecule has 2 amide bonds. The molecule has 2 N–H and O–H groups in total. The normalized spacial score (nSPS) is 19.9. The number of nitrogens with one attached hydrogen (secondary N) is 1. The van der Waals surface area contributed by atoms with Crippen molar-refractivity contribution >= 4 is 24.2 Å². The summed E-state index contributed by atoms with van der Waals surface area (Å²) < 4.78 is 4.81. The highest BCUT2D eigenvalue weighted by Gasteiger charge is 2.32. The molecule has 3 rings (SSSR count). The van der Waals surface area contributed by atoms with Crippen molar-refractivity contribution < 1.29 is 24.2 Å². The first-order valence-corrected chi connectivity index (χ1v) is 8.17. The molecule has 8 nitrogen and oxygen atoms in total. The van der Waals surface area contributed by atoms with Gasteiger partial charge < -0.3 is 25.0 Å². The van der Waals surface area contributed by atoms with Gasteiger partial charge in [-0.15, -0.1) is 0 Å². The van der Waals surface area contributed by atoms with Gasteiger partial charge in [0.15, 0.2) is 0 Å². The van der Waals surface area contributed by atoms with E-state index in [1.165, 1.54) is 11.3 Å². The van der Waals surface area contributed by atoms with Crippen molar-refractivity contribution in [1.29, 1.82) is 0 Å². The Kier molecular flexibility index (Phi) is 6.62. The number of nitrogens with zero attached hydrogens (tertiary/aromatic N) is 2. The van der Waals surface area contributed by atoms with Gasteiger partial charge in [-0.2, -0.15) is 0 Å². The van der Waals surface area contributed by atoms with Crippen LogP contribution in [0.15, 0.2) is 24.3 Å². The fourth-order valence-electron chi connectivity index (χ4n) is 3.04. The Hall–Kier alpha value is -2.77. The second kappa shape index (κ2) is 8.91. The van der Waals surface area contributed by atoms with E-state index >= 15 is 0 Å². The molecule has 136 valence electrons. The van der Waals surface area contributed by atoms with E-state index in [9.17, 15) is 9.59 Å². The molecule has 0 saturated carbocycles. The summed E-state index contributed by atoms with van der Waals surface area (Å²) in [5.41, 5.74) is 2.48. The molecule has 0 aliphatic carbocycles. The summed E-state index contributed by atoms with van der Waals surface area (Å²) in [7, 11) is 0. The zero-order chi connectivity index (χ0) is 18.2. The van der Waals surface area contributed by atoms with Gasteiger partial charge in [0.05, 0.1) is 0 Å². The molecule has 0 aromatic heterocycles. The van der Waals surface area contributed by atoms with Crippen LogP contribution in [0.5, 0.6) is 0 Å². The van der Waals surface area contributed by atoms with E-state index in [0.717, 1.165) is 19.5 Å². The first-order chi connectivity index (χ1) is 12.1. The van der Waals surface area contributed by atoms with Crippen LogP contribution in [0.25, 0.3) is 0 Å². The van der Waals surface area contributed by atoms with Crippen molar-refractivity contribution in [3.05, 3.63) is 29.8 Å². The Morgan fingerprint density at radius 3 is 2.64 bits per heavy atom. The van der Waals surface area contributed by atoms with Crippen LogP contribution in [0.1, 0.15) is 12.0 Å². The number of hydrogen-bond donors (Lipinski definition) is 2. The van der Waals surface area contributed by atoms with Crippen LogP contribution in [0.3, 0.4) is 0 Å². The third-order valence-corrected chi connectivity index (χ3v) is 4.23. The van der Waals surface area contributed by atoms with Gasteiger partial charge in [-0.1, -0.05) is 18.2 Å². The number of anilines is 1. The minimum Gasteiger partial charge on any atom is -0.483 e. The summed E-state index contributed by atoms with van der Waals surface area (Å²) in [6.45, 7) is 5.11. The molecule has 1 aromatic carbocycles. The van der Waals surface area contributed by atoms with E-state index in [0.29, 0.717) is 13.1 Å². The smallest absolute Gasteiger partial charge is 0.407 e. The van der Waals surface area contributed by atoms with E-state index in [4.69, 9.17) is 14.6 Å². The predicted molar refractivity (Wildman–Crippen MR) is 91.6 cm³/mol. The van der Waals surface area contributed by atoms with Crippen molar-refractivity contribution in [2.75, 3.05) is 37.7 Å². The Balaban J connectivity index is 0.000000701. The van der Waals surface area contributed by atoms with Crippen LogP contribution in [-0.2, 0) is 14.3 Å². The van der Waals surface area contributed by atoms with Gasteiger partial charge in [-0.3, -0.25) is 9.59 Å². The van der Waals surface area contributed by atoms with E-state index in [2.05, 4.69) is 29.3 Å². The number of aryl methyl sites for hydroxylation is 1. The number of ether oxygens (including phenoxy) is 1. The summed E-state index contributed by atoms with van der Waals surface area (Å²) in [5.74, 6) is -0.0440. The highest BCUT2D eigenvalue weighted by Crippen LogP contribution is 2.21. The summed E-state index contributed by atoms with van der Waals surface area (Å²) in [6, 6.07) is 7.78. The highest BCUT2D eigenvalue weighted by molar-refractivity contribution is 5.88. The van der Waals surface area contributed by atoms with E-state index in [-0.39, 0.29) is 19.0 Å². The summed E-state index contributed by atoms with van der Waals surface area (Å²) >= 11 is 0. The van der Waals surface area contributed by atoms with Gasteiger partial charge in [-0.05, 0) is 25.0 Å². The van der Waals surface area contributed by atoms with Crippen LogP contribution in [0.4, 0.5) is 10.5 Å². The third kappa shape index (κ3) is 4.85. The van der Waals surface area contributed by atoms with Gasteiger partial charge in [0.1, 0.15) is 12.6 Å². The fraction of sp³-hybridized carbons (Fsp3) is 0.471. The predicted octanol–water partition coefficient (Wildman–Crippen LogP) is 0.843. The largest absolute Gasteiger partial charge is 0.483 e. The lowest BCUT2D eigenvalue weighted by Crippen LogP contribution is -2.46. The molecule has 0 spiro atoms. The van der Waals surface area contributed by atoms with Crippen molar-refractivity contribution in [2.24, 2.45) is 0 Å². The highest BCUT2D eigenvalue weighted by atomic mass is 16.6. The lowest BCUT2D eigenvalue weighted by atomic mass is 10.2. The molecule has 0 bridgehead atoms. The van der Waals surface area contributed by atoms with E-state index in [1.807, 2.05) is 17.0 Å². The standard InChI is InChI=1S/C16H21N3O3.CH2O2/c1-12-5-2-3-6-14(12)18-7-4-8-19(10-9-18)15(20)13-11-22-16(21)17-13;2-1-3/h2-3,5-6,13H,4,7-11H2,1H3,(H,17,21);1H,(H,2,3)/t13-;/m0./s1. The molecule has 2 saturated heterocycles. The molecular weight excluding hydrogens is 326 g/mol. The number of carbonyl (C=O) groups is 3. The quantitative estimate of drug-likeness (QED) is 0.768. The zero-order valence-electron chi connectivity index (χ0n) is 14.2. The van der Waals surface area contributed by atoms with Crippen LogP contribution in [0, 0.1) is 6.92 Å². The van der Waals surface area contributed by atoms with Crippen LogP contribution >= 0.6 is 0 Å². The Morgan fingerprint density at radius 1 is 1.28 bits per heavy atom. The lowest BCUT2D eigenvalue weighted by molar-refractivity contribution is -0.132. The van der Waals surface area contributed by atoms with Crippen LogP contribution < -0.4 is 10.2 Å². The number of cyclic esters (lactones) is 1. The summed E-state index contributed by atoms with van der Waals surface area (Å²) in [5, 5.41) is 9.45. The molecule has 1 atom stereocenters. The number of para-hydroxylation sites is 1. The average Bonchev–Trinajstić information content (AvgIpc) is 2.89. The number of carboxylic acid groups (broad SMARTS) is 1.